The second kappa shape index (κ2) is 9.61. The van der Waals surface area contributed by atoms with Crippen LogP contribution in [0.5, 0.6) is 5.75 Å². The van der Waals surface area contributed by atoms with Crippen molar-refractivity contribution in [1.82, 2.24) is 0 Å². The van der Waals surface area contributed by atoms with Crippen LogP contribution in [-0.2, 0) is 14.4 Å². The molecule has 0 bridgehead atoms. The van der Waals surface area contributed by atoms with Gasteiger partial charge in [-0.25, -0.2) is 14.8 Å². The molecule has 0 aromatic heterocycles. The molecule has 2 saturated heterocycles. The average Bonchev–Trinajstić information content (AvgIpc) is 3.45. The molecule has 2 fully saturated rings. The van der Waals surface area contributed by atoms with Crippen LogP contribution < -0.4 is 14.7 Å². The Balaban J connectivity index is 1.33. The second-order valence-electron chi connectivity index (χ2n) is 9.33. The number of imide groups is 1. The summed E-state index contributed by atoms with van der Waals surface area (Å²) in [6, 6.07) is 31.8. The molecule has 3 atom stereocenters. The monoisotopic (exact) mass is 504 g/mol. The van der Waals surface area contributed by atoms with Gasteiger partial charge in [-0.2, -0.15) is 0 Å². The molecule has 7 heteroatoms. The molecule has 0 radical (unpaired) electrons. The number of esters is 1. The molecule has 2 aliphatic heterocycles. The first-order valence-electron chi connectivity index (χ1n) is 12.3. The number of aryl methyl sites for hydroxylation is 1. The number of carbonyl (C=O) groups excluding carboxylic acids is 3. The lowest BCUT2D eigenvalue weighted by Crippen LogP contribution is -2.37. The van der Waals surface area contributed by atoms with Crippen molar-refractivity contribution in [1.29, 1.82) is 0 Å². The third-order valence-electron chi connectivity index (χ3n) is 6.83. The van der Waals surface area contributed by atoms with Gasteiger partial charge in [0.05, 0.1) is 23.0 Å². The molecule has 6 rings (SSSR count). The molecule has 0 spiro atoms. The van der Waals surface area contributed by atoms with E-state index in [0.717, 1.165) is 16.8 Å². The molecule has 4 aromatic carbocycles. The van der Waals surface area contributed by atoms with Gasteiger partial charge in [0.2, 0.25) is 5.91 Å². The number of anilines is 2. The van der Waals surface area contributed by atoms with Crippen molar-refractivity contribution < 1.29 is 24.0 Å². The first-order chi connectivity index (χ1) is 18.5. The van der Waals surface area contributed by atoms with Crippen LogP contribution >= 0.6 is 0 Å². The van der Waals surface area contributed by atoms with Crippen molar-refractivity contribution in [2.24, 2.45) is 5.92 Å². The van der Waals surface area contributed by atoms with E-state index in [1.165, 1.54) is 4.90 Å². The Hall–Kier alpha value is -4.75. The predicted octanol–water partition coefficient (Wildman–Crippen LogP) is 5.27. The highest BCUT2D eigenvalue weighted by Gasteiger charge is 2.60. The lowest BCUT2D eigenvalue weighted by molar-refractivity contribution is -0.126. The minimum atomic E-state index is -0.955. The maximum atomic E-state index is 13.8. The van der Waals surface area contributed by atoms with Gasteiger partial charge in [0.1, 0.15) is 11.7 Å². The minimum absolute atomic E-state index is 0.311. The molecule has 2 heterocycles. The fourth-order valence-corrected chi connectivity index (χ4v) is 5.05. The van der Waals surface area contributed by atoms with E-state index in [9.17, 15) is 14.4 Å². The quantitative estimate of drug-likeness (QED) is 0.210. The summed E-state index contributed by atoms with van der Waals surface area (Å²) < 4.78 is 5.53. The molecule has 38 heavy (non-hydrogen) atoms. The van der Waals surface area contributed by atoms with Crippen LogP contribution in [0.3, 0.4) is 0 Å². The van der Waals surface area contributed by atoms with Gasteiger partial charge in [0, 0.05) is 0 Å². The number of hydroxylamine groups is 1. The number of hydrogen-bond acceptors (Lipinski definition) is 6. The highest BCUT2D eigenvalue weighted by molar-refractivity contribution is 6.24. The molecular formula is C31H24N2O5. The van der Waals surface area contributed by atoms with Crippen LogP contribution in [0.1, 0.15) is 27.5 Å². The molecule has 0 N–H and O–H groups in total. The number of ether oxygens (including phenoxy) is 1. The Bertz CT molecular complexity index is 1500. The summed E-state index contributed by atoms with van der Waals surface area (Å²) in [5.41, 5.74) is 3.42. The molecule has 188 valence electrons. The van der Waals surface area contributed by atoms with Crippen molar-refractivity contribution in [3.63, 3.8) is 0 Å². The van der Waals surface area contributed by atoms with Gasteiger partial charge in [0.15, 0.2) is 6.10 Å². The van der Waals surface area contributed by atoms with E-state index in [2.05, 4.69) is 0 Å². The minimum Gasteiger partial charge on any atom is -0.423 e. The SMILES string of the molecule is Cc1cccc(N2C(=O)[C@@H]3[C@@H](c4ccc(OC(=O)c5ccccc5)cc4)N(c4ccccc4)O[C@H]3C2=O)c1. The number of rotatable bonds is 5. The Morgan fingerprint density at radius 1 is 0.763 bits per heavy atom. The second-order valence-corrected chi connectivity index (χ2v) is 9.33. The summed E-state index contributed by atoms with van der Waals surface area (Å²) in [5.74, 6) is -1.53. The highest BCUT2D eigenvalue weighted by atomic mass is 16.7. The zero-order valence-electron chi connectivity index (χ0n) is 20.6. The lowest BCUT2D eigenvalue weighted by atomic mass is 9.90. The molecule has 0 unspecified atom stereocenters. The van der Waals surface area contributed by atoms with Crippen molar-refractivity contribution in [2.45, 2.75) is 19.1 Å². The summed E-state index contributed by atoms with van der Waals surface area (Å²) in [6.07, 6.45) is -0.955. The van der Waals surface area contributed by atoms with Crippen molar-refractivity contribution in [3.8, 4) is 5.75 Å². The fraction of sp³-hybridized carbons (Fsp3) is 0.129. The number of amides is 2. The van der Waals surface area contributed by atoms with Gasteiger partial charge >= 0.3 is 5.97 Å². The van der Waals surface area contributed by atoms with E-state index in [0.29, 0.717) is 17.0 Å². The van der Waals surface area contributed by atoms with E-state index < -0.39 is 24.0 Å². The maximum absolute atomic E-state index is 13.8. The third kappa shape index (κ3) is 4.13. The Morgan fingerprint density at radius 3 is 2.11 bits per heavy atom. The normalized spacial score (nSPS) is 20.5. The van der Waals surface area contributed by atoms with Crippen LogP contribution in [0.2, 0.25) is 0 Å². The molecular weight excluding hydrogens is 480 g/mol. The van der Waals surface area contributed by atoms with Crippen molar-refractivity contribution in [2.75, 3.05) is 9.96 Å². The van der Waals surface area contributed by atoms with Crippen LogP contribution in [-0.4, -0.2) is 23.9 Å². The zero-order chi connectivity index (χ0) is 26.2. The summed E-state index contributed by atoms with van der Waals surface area (Å²) in [4.78, 5) is 47.1. The lowest BCUT2D eigenvalue weighted by Gasteiger charge is -2.29. The topological polar surface area (TPSA) is 76.2 Å². The molecule has 2 aliphatic rings. The summed E-state index contributed by atoms with van der Waals surface area (Å²) in [5, 5.41) is 1.64. The Labute approximate surface area is 219 Å². The van der Waals surface area contributed by atoms with Gasteiger partial charge in [0.25, 0.3) is 5.91 Å². The van der Waals surface area contributed by atoms with E-state index in [4.69, 9.17) is 9.57 Å². The number of carbonyl (C=O) groups is 3. The number of benzene rings is 4. The summed E-state index contributed by atoms with van der Waals surface area (Å²) >= 11 is 0. The van der Waals surface area contributed by atoms with Crippen LogP contribution in [0.25, 0.3) is 0 Å². The number of nitrogens with zero attached hydrogens (tertiary/aromatic N) is 2. The maximum Gasteiger partial charge on any atom is 0.343 e. The van der Waals surface area contributed by atoms with Gasteiger partial charge in [-0.3, -0.25) is 14.4 Å². The molecule has 0 aliphatic carbocycles. The molecule has 0 saturated carbocycles. The Morgan fingerprint density at radius 2 is 1.42 bits per heavy atom. The number of fused-ring (bicyclic) bond motifs is 1. The smallest absolute Gasteiger partial charge is 0.343 e. The van der Waals surface area contributed by atoms with E-state index in [-0.39, 0.29) is 11.8 Å². The number of para-hydroxylation sites is 1. The van der Waals surface area contributed by atoms with Crippen molar-refractivity contribution in [3.05, 3.63) is 126 Å². The Kier molecular flexibility index (Phi) is 5.98. The fourth-order valence-electron chi connectivity index (χ4n) is 5.05. The van der Waals surface area contributed by atoms with E-state index in [1.807, 2.05) is 61.5 Å². The average molecular weight is 505 g/mol. The van der Waals surface area contributed by atoms with Crippen molar-refractivity contribution >= 4 is 29.2 Å². The standard InChI is InChI=1S/C31H24N2O5/c1-20-9-8-14-24(19-20)32-29(34)26-27(33(38-28(26)30(32)35)23-12-6-3-7-13-23)21-15-17-25(18-16-21)37-31(36)22-10-4-2-5-11-22/h2-19,26-28H,1H3/t26-,27-,28-/m1/s1. The summed E-state index contributed by atoms with van der Waals surface area (Å²) in [7, 11) is 0. The first kappa shape index (κ1) is 23.6. The molecule has 2 amide bonds. The predicted molar refractivity (Wildman–Crippen MR) is 142 cm³/mol. The molecule has 4 aromatic rings. The highest BCUT2D eigenvalue weighted by Crippen LogP contribution is 2.47. The van der Waals surface area contributed by atoms with Crippen LogP contribution in [0.4, 0.5) is 11.4 Å². The van der Waals surface area contributed by atoms with Crippen LogP contribution in [0, 0.1) is 12.8 Å². The zero-order valence-corrected chi connectivity index (χ0v) is 20.6. The molecule has 7 nitrogen and oxygen atoms in total. The number of hydrogen-bond donors (Lipinski definition) is 0. The van der Waals surface area contributed by atoms with Gasteiger partial charge in [-0.15, -0.1) is 0 Å². The summed E-state index contributed by atoms with van der Waals surface area (Å²) in [6.45, 7) is 1.91. The first-order valence-corrected chi connectivity index (χ1v) is 12.3. The third-order valence-corrected chi connectivity index (χ3v) is 6.83. The van der Waals surface area contributed by atoms with Crippen LogP contribution in [0.15, 0.2) is 109 Å². The largest absolute Gasteiger partial charge is 0.423 e. The van der Waals surface area contributed by atoms with Gasteiger partial charge in [-0.05, 0) is 66.6 Å². The van der Waals surface area contributed by atoms with E-state index in [1.54, 1.807) is 59.7 Å². The van der Waals surface area contributed by atoms with Gasteiger partial charge in [-0.1, -0.05) is 60.7 Å². The van der Waals surface area contributed by atoms with Gasteiger partial charge < -0.3 is 4.74 Å². The van der Waals surface area contributed by atoms with E-state index >= 15 is 0 Å².